The van der Waals surface area contributed by atoms with Gasteiger partial charge in [0.1, 0.15) is 48.8 Å². The van der Waals surface area contributed by atoms with Crippen LogP contribution in [0.15, 0.2) is 0 Å². The summed E-state index contributed by atoms with van der Waals surface area (Å²) < 4.78 is 22.9. The summed E-state index contributed by atoms with van der Waals surface area (Å²) in [5.41, 5.74) is 0. The van der Waals surface area contributed by atoms with Gasteiger partial charge in [-0.1, -0.05) is 277 Å². The van der Waals surface area contributed by atoms with Crippen molar-refractivity contribution in [1.82, 2.24) is 5.32 Å². The van der Waals surface area contributed by atoms with E-state index in [4.69, 9.17) is 18.9 Å². The standard InChI is InChI=1S/C62H121NO13/c1-3-5-7-9-11-13-15-17-19-20-21-22-23-24-25-26-27-28-29-30-31-32-33-35-37-39-41-43-45-51(66)50(63-54(67)46-44-42-40-38-36-34-18-16-14-12-10-8-6-4-2)49-73-61-59(72)57(70)60(53(48-65)75-61)76-62-58(71)56(69)55(68)52(47-64)74-62/h50-53,55-62,64-66,68-72H,3-49H2,1-2H3,(H,63,67). The van der Waals surface area contributed by atoms with E-state index in [1.165, 1.54) is 218 Å². The van der Waals surface area contributed by atoms with Crippen molar-refractivity contribution >= 4 is 5.91 Å². The molecule has 76 heavy (non-hydrogen) atoms. The molecule has 0 aromatic heterocycles. The van der Waals surface area contributed by atoms with Crippen LogP contribution in [0.4, 0.5) is 0 Å². The molecule has 14 nitrogen and oxygen atoms in total. The third kappa shape index (κ3) is 33.7. The summed E-state index contributed by atoms with van der Waals surface area (Å²) in [5.74, 6) is -0.201. The summed E-state index contributed by atoms with van der Waals surface area (Å²) in [6.07, 6.45) is 38.3. The van der Waals surface area contributed by atoms with E-state index in [-0.39, 0.29) is 12.5 Å². The van der Waals surface area contributed by atoms with Gasteiger partial charge in [0.15, 0.2) is 12.6 Å². The number of carbonyl (C=O) groups is 1. The molecule has 0 aromatic carbocycles. The number of nitrogens with one attached hydrogen (secondary N) is 1. The molecule has 2 aliphatic heterocycles. The van der Waals surface area contributed by atoms with Gasteiger partial charge in [-0.25, -0.2) is 0 Å². The van der Waals surface area contributed by atoms with E-state index in [1.807, 2.05) is 0 Å². The number of amides is 1. The maximum absolute atomic E-state index is 13.3. The molecule has 452 valence electrons. The molecular weight excluding hydrogens is 967 g/mol. The van der Waals surface area contributed by atoms with Gasteiger partial charge in [0.05, 0.1) is 32.0 Å². The Balaban J connectivity index is 1.67. The van der Waals surface area contributed by atoms with Gasteiger partial charge in [0.25, 0.3) is 0 Å². The highest BCUT2D eigenvalue weighted by molar-refractivity contribution is 5.76. The summed E-state index contributed by atoms with van der Waals surface area (Å²) in [5, 5.41) is 87.3. The van der Waals surface area contributed by atoms with Gasteiger partial charge < -0.3 is 65.1 Å². The van der Waals surface area contributed by atoms with Crippen LogP contribution < -0.4 is 5.32 Å². The lowest BCUT2D eigenvalue weighted by Crippen LogP contribution is -2.65. The number of aliphatic hydroxyl groups excluding tert-OH is 8. The number of ether oxygens (including phenoxy) is 4. The van der Waals surface area contributed by atoms with Gasteiger partial charge in [-0.15, -0.1) is 0 Å². The fourth-order valence-electron chi connectivity index (χ4n) is 11.1. The first-order chi connectivity index (χ1) is 37.1. The molecule has 2 fully saturated rings. The Morgan fingerprint density at radius 1 is 0.421 bits per heavy atom. The first-order valence-corrected chi connectivity index (χ1v) is 32.3. The zero-order valence-electron chi connectivity index (χ0n) is 48.8. The average molecular weight is 1090 g/mol. The minimum Gasteiger partial charge on any atom is -0.394 e. The average Bonchev–Trinajstić information content (AvgIpc) is 3.42. The summed E-state index contributed by atoms with van der Waals surface area (Å²) >= 11 is 0. The first kappa shape index (κ1) is 71.1. The van der Waals surface area contributed by atoms with Crippen LogP contribution in [0.25, 0.3) is 0 Å². The SMILES string of the molecule is CCCCCCCCCCCCCCCCCCCCCCCCCCCCCCC(O)C(COC1OC(CO)C(OC2OC(CO)C(O)C(O)C2O)C(O)C1O)NC(=O)CCCCCCCCCCCCCCCC. The lowest BCUT2D eigenvalue weighted by molar-refractivity contribution is -0.359. The quantitative estimate of drug-likeness (QED) is 0.0259. The molecule has 12 atom stereocenters. The van der Waals surface area contributed by atoms with Crippen LogP contribution in [0.3, 0.4) is 0 Å². The molecule has 0 bridgehead atoms. The van der Waals surface area contributed by atoms with E-state index in [2.05, 4.69) is 19.2 Å². The van der Waals surface area contributed by atoms with E-state index in [9.17, 15) is 45.6 Å². The number of hydrogen-bond donors (Lipinski definition) is 9. The fraction of sp³-hybridized carbons (Fsp3) is 0.984. The highest BCUT2D eigenvalue weighted by Crippen LogP contribution is 2.30. The molecule has 0 saturated carbocycles. The van der Waals surface area contributed by atoms with Crippen LogP contribution in [0, 0.1) is 0 Å². The second-order valence-corrected chi connectivity index (χ2v) is 23.3. The van der Waals surface area contributed by atoms with E-state index in [1.54, 1.807) is 0 Å². The molecule has 0 aromatic rings. The maximum Gasteiger partial charge on any atom is 0.220 e. The first-order valence-electron chi connectivity index (χ1n) is 32.3. The summed E-state index contributed by atoms with van der Waals surface area (Å²) in [7, 11) is 0. The van der Waals surface area contributed by atoms with Gasteiger partial charge in [-0.3, -0.25) is 4.79 Å². The highest BCUT2D eigenvalue weighted by atomic mass is 16.7. The maximum atomic E-state index is 13.3. The van der Waals surface area contributed by atoms with Gasteiger partial charge in [0, 0.05) is 6.42 Å². The minimum absolute atomic E-state index is 0.201. The largest absolute Gasteiger partial charge is 0.394 e. The van der Waals surface area contributed by atoms with Gasteiger partial charge in [0.2, 0.25) is 5.91 Å². The molecule has 12 unspecified atom stereocenters. The van der Waals surface area contributed by atoms with Crippen molar-refractivity contribution in [3.8, 4) is 0 Å². The second kappa shape index (κ2) is 48.7. The van der Waals surface area contributed by atoms with Crippen LogP contribution in [0.1, 0.15) is 296 Å². The predicted molar refractivity (Wildman–Crippen MR) is 305 cm³/mol. The molecule has 1 amide bonds. The third-order valence-corrected chi connectivity index (χ3v) is 16.3. The van der Waals surface area contributed by atoms with Crippen LogP contribution in [-0.2, 0) is 23.7 Å². The van der Waals surface area contributed by atoms with Gasteiger partial charge in [-0.2, -0.15) is 0 Å². The number of aliphatic hydroxyl groups is 8. The van der Waals surface area contributed by atoms with Crippen LogP contribution in [-0.4, -0.2) is 140 Å². The van der Waals surface area contributed by atoms with Crippen LogP contribution in [0.5, 0.6) is 0 Å². The van der Waals surface area contributed by atoms with Crippen molar-refractivity contribution in [2.45, 2.75) is 370 Å². The van der Waals surface area contributed by atoms with Crippen molar-refractivity contribution in [2.75, 3.05) is 19.8 Å². The smallest absolute Gasteiger partial charge is 0.220 e. The lowest BCUT2D eigenvalue weighted by atomic mass is 9.97. The fourth-order valence-corrected chi connectivity index (χ4v) is 11.1. The monoisotopic (exact) mass is 1090 g/mol. The molecule has 2 heterocycles. The molecule has 9 N–H and O–H groups in total. The predicted octanol–water partition coefficient (Wildman–Crippen LogP) is 11.7. The molecule has 0 aliphatic carbocycles. The van der Waals surface area contributed by atoms with E-state index < -0.39 is 86.8 Å². The Labute approximate surface area is 464 Å². The van der Waals surface area contributed by atoms with Crippen molar-refractivity contribution in [3.05, 3.63) is 0 Å². The second-order valence-electron chi connectivity index (χ2n) is 23.3. The molecule has 14 heteroatoms. The molecule has 0 spiro atoms. The minimum atomic E-state index is -1.78. The van der Waals surface area contributed by atoms with Crippen LogP contribution >= 0.6 is 0 Å². The van der Waals surface area contributed by atoms with E-state index in [0.717, 1.165) is 51.4 Å². The van der Waals surface area contributed by atoms with Crippen molar-refractivity contribution < 1.29 is 64.6 Å². The van der Waals surface area contributed by atoms with Crippen molar-refractivity contribution in [2.24, 2.45) is 0 Å². The lowest BCUT2D eigenvalue weighted by Gasteiger charge is -2.46. The van der Waals surface area contributed by atoms with Crippen molar-refractivity contribution in [3.63, 3.8) is 0 Å². The van der Waals surface area contributed by atoms with E-state index in [0.29, 0.717) is 12.8 Å². The highest BCUT2D eigenvalue weighted by Gasteiger charge is 2.51. The number of unbranched alkanes of at least 4 members (excludes halogenated alkanes) is 40. The molecule has 2 rings (SSSR count). The Kier molecular flexibility index (Phi) is 45.5. The number of rotatable bonds is 53. The molecular formula is C62H121NO13. The Bertz CT molecular complexity index is 1280. The molecule has 2 aliphatic rings. The Hall–Kier alpha value is -1.01. The van der Waals surface area contributed by atoms with Gasteiger partial charge >= 0.3 is 0 Å². The zero-order chi connectivity index (χ0) is 55.3. The van der Waals surface area contributed by atoms with Crippen molar-refractivity contribution in [1.29, 1.82) is 0 Å². The molecule has 0 radical (unpaired) electrons. The summed E-state index contributed by atoms with van der Waals surface area (Å²) in [6, 6.07) is -0.823. The Morgan fingerprint density at radius 2 is 0.750 bits per heavy atom. The summed E-state index contributed by atoms with van der Waals surface area (Å²) in [6.45, 7) is 2.90. The Morgan fingerprint density at radius 3 is 1.12 bits per heavy atom. The number of carbonyl (C=O) groups excluding carboxylic acids is 1. The topological polar surface area (TPSA) is 228 Å². The van der Waals surface area contributed by atoms with Gasteiger partial charge in [-0.05, 0) is 12.8 Å². The zero-order valence-corrected chi connectivity index (χ0v) is 48.8. The number of hydrogen-bond acceptors (Lipinski definition) is 13. The third-order valence-electron chi connectivity index (χ3n) is 16.3. The van der Waals surface area contributed by atoms with E-state index >= 15 is 0 Å². The normalized spacial score (nSPS) is 24.8. The molecule has 2 saturated heterocycles. The van der Waals surface area contributed by atoms with Crippen LogP contribution in [0.2, 0.25) is 0 Å². The summed E-state index contributed by atoms with van der Waals surface area (Å²) in [4.78, 5) is 13.3.